The van der Waals surface area contributed by atoms with Gasteiger partial charge in [0.05, 0.1) is 0 Å². The maximum absolute atomic E-state index is 5.97. The molecular weight excluding hydrogens is 222 g/mol. The molecule has 1 aliphatic carbocycles. The minimum Gasteiger partial charge on any atom is -0.328 e. The van der Waals surface area contributed by atoms with Gasteiger partial charge in [0, 0.05) is 24.7 Å². The van der Waals surface area contributed by atoms with Crippen LogP contribution in [0.4, 0.5) is 0 Å². The first-order valence-corrected chi connectivity index (χ1v) is 7.93. The van der Waals surface area contributed by atoms with Crippen LogP contribution in [0.25, 0.3) is 0 Å². The van der Waals surface area contributed by atoms with E-state index in [-0.39, 0.29) is 0 Å². The van der Waals surface area contributed by atoms with Crippen LogP contribution >= 0.6 is 0 Å². The predicted octanol–water partition coefficient (Wildman–Crippen LogP) is 1.97. The third-order valence-corrected chi connectivity index (χ3v) is 4.97. The Labute approximate surface area is 112 Å². The van der Waals surface area contributed by atoms with E-state index in [1.807, 2.05) is 0 Å². The van der Waals surface area contributed by atoms with Gasteiger partial charge >= 0.3 is 0 Å². The lowest BCUT2D eigenvalue weighted by atomic mass is 9.88. The van der Waals surface area contributed by atoms with Gasteiger partial charge in [-0.15, -0.1) is 0 Å². The molecule has 106 valence electrons. The molecule has 0 aromatic rings. The van der Waals surface area contributed by atoms with Crippen LogP contribution in [-0.4, -0.2) is 42.7 Å². The number of nitrogens with one attached hydrogen (secondary N) is 1. The molecule has 1 aliphatic heterocycles. The van der Waals surface area contributed by atoms with Gasteiger partial charge < -0.3 is 16.0 Å². The molecule has 2 atom stereocenters. The second kappa shape index (κ2) is 6.88. The van der Waals surface area contributed by atoms with Gasteiger partial charge in [-0.1, -0.05) is 6.92 Å². The fraction of sp³-hybridized carbons (Fsp3) is 1.00. The van der Waals surface area contributed by atoms with Gasteiger partial charge in [-0.3, -0.25) is 0 Å². The Bertz CT molecular complexity index is 236. The fourth-order valence-corrected chi connectivity index (χ4v) is 3.58. The predicted molar refractivity (Wildman–Crippen MR) is 77.7 cm³/mol. The summed E-state index contributed by atoms with van der Waals surface area (Å²) in [6.07, 6.45) is 7.73. The van der Waals surface area contributed by atoms with Crippen molar-refractivity contribution in [3.8, 4) is 0 Å². The molecule has 0 aromatic heterocycles. The summed E-state index contributed by atoms with van der Waals surface area (Å²) in [6, 6.07) is 1.85. The number of rotatable bonds is 4. The summed E-state index contributed by atoms with van der Waals surface area (Å²) >= 11 is 0. The van der Waals surface area contributed by atoms with Crippen molar-refractivity contribution in [2.24, 2.45) is 11.7 Å². The lowest BCUT2D eigenvalue weighted by Crippen LogP contribution is -2.48. The van der Waals surface area contributed by atoms with E-state index in [2.05, 4.69) is 24.1 Å². The molecule has 0 spiro atoms. The van der Waals surface area contributed by atoms with Crippen LogP contribution in [0.3, 0.4) is 0 Å². The Balaban J connectivity index is 1.75. The molecule has 3 nitrogen and oxygen atoms in total. The zero-order chi connectivity index (χ0) is 13.0. The van der Waals surface area contributed by atoms with Crippen molar-refractivity contribution in [2.75, 3.05) is 19.6 Å². The number of hydrogen-bond acceptors (Lipinski definition) is 3. The van der Waals surface area contributed by atoms with E-state index in [0.29, 0.717) is 12.1 Å². The zero-order valence-corrected chi connectivity index (χ0v) is 12.2. The minimum atomic E-state index is 0.462. The van der Waals surface area contributed by atoms with Crippen LogP contribution in [-0.2, 0) is 0 Å². The quantitative estimate of drug-likeness (QED) is 0.805. The second-order valence-electron chi connectivity index (χ2n) is 6.36. The van der Waals surface area contributed by atoms with Crippen LogP contribution < -0.4 is 11.1 Å². The zero-order valence-electron chi connectivity index (χ0n) is 12.2. The summed E-state index contributed by atoms with van der Waals surface area (Å²) in [5.74, 6) is 0.842. The molecule has 0 amide bonds. The van der Waals surface area contributed by atoms with E-state index < -0.39 is 0 Å². The summed E-state index contributed by atoms with van der Waals surface area (Å²) in [6.45, 7) is 8.47. The molecule has 1 heterocycles. The topological polar surface area (TPSA) is 41.3 Å². The van der Waals surface area contributed by atoms with Crippen LogP contribution in [0.1, 0.15) is 52.4 Å². The van der Waals surface area contributed by atoms with Gasteiger partial charge in [0.2, 0.25) is 0 Å². The molecule has 2 aliphatic rings. The molecule has 2 unspecified atom stereocenters. The second-order valence-corrected chi connectivity index (χ2v) is 6.36. The van der Waals surface area contributed by atoms with Crippen molar-refractivity contribution in [1.29, 1.82) is 0 Å². The highest BCUT2D eigenvalue weighted by atomic mass is 15.1. The average molecular weight is 253 g/mol. The first-order valence-electron chi connectivity index (χ1n) is 7.93. The normalized spacial score (nSPS) is 36.5. The molecular formula is C15H31N3. The average Bonchev–Trinajstić information content (AvgIpc) is 2.41. The van der Waals surface area contributed by atoms with E-state index in [4.69, 9.17) is 5.73 Å². The Hall–Kier alpha value is -0.120. The Kier molecular flexibility index (Phi) is 5.46. The van der Waals surface area contributed by atoms with Gasteiger partial charge in [0.1, 0.15) is 0 Å². The number of hydrogen-bond donors (Lipinski definition) is 2. The maximum atomic E-state index is 5.97. The summed E-state index contributed by atoms with van der Waals surface area (Å²) in [4.78, 5) is 2.60. The molecule has 3 heteroatoms. The van der Waals surface area contributed by atoms with E-state index in [0.717, 1.165) is 12.0 Å². The molecule has 0 radical (unpaired) electrons. The van der Waals surface area contributed by atoms with E-state index in [9.17, 15) is 0 Å². The summed E-state index contributed by atoms with van der Waals surface area (Å²) in [7, 11) is 0. The number of nitrogens with zero attached hydrogens (tertiary/aromatic N) is 1. The van der Waals surface area contributed by atoms with Gasteiger partial charge in [0.25, 0.3) is 0 Å². The monoisotopic (exact) mass is 253 g/mol. The first-order chi connectivity index (χ1) is 8.69. The lowest BCUT2D eigenvalue weighted by Gasteiger charge is -2.38. The van der Waals surface area contributed by atoms with Gasteiger partial charge in [-0.05, 0) is 64.5 Å². The van der Waals surface area contributed by atoms with Crippen molar-refractivity contribution >= 4 is 0 Å². The highest BCUT2D eigenvalue weighted by molar-refractivity contribution is 4.85. The molecule has 0 bridgehead atoms. The van der Waals surface area contributed by atoms with Gasteiger partial charge in [-0.2, -0.15) is 0 Å². The van der Waals surface area contributed by atoms with Crippen LogP contribution in [0.2, 0.25) is 0 Å². The van der Waals surface area contributed by atoms with Crippen LogP contribution in [0.15, 0.2) is 0 Å². The van der Waals surface area contributed by atoms with Gasteiger partial charge in [0.15, 0.2) is 0 Å². The summed E-state index contributed by atoms with van der Waals surface area (Å²) < 4.78 is 0. The Morgan fingerprint density at radius 2 is 1.94 bits per heavy atom. The van der Waals surface area contributed by atoms with Crippen molar-refractivity contribution < 1.29 is 0 Å². The van der Waals surface area contributed by atoms with E-state index in [1.54, 1.807) is 0 Å². The largest absolute Gasteiger partial charge is 0.328 e. The summed E-state index contributed by atoms with van der Waals surface area (Å²) in [5.41, 5.74) is 5.97. The maximum Gasteiger partial charge on any atom is 0.00818 e. The van der Waals surface area contributed by atoms with Crippen LogP contribution in [0, 0.1) is 5.92 Å². The molecule has 3 N–H and O–H groups in total. The smallest absolute Gasteiger partial charge is 0.00818 e. The standard InChI is InChI=1S/C15H31N3/c1-3-18-10-4-5-13(11-18)12(2)17-15-8-6-14(16)7-9-15/h12-15,17H,3-11,16H2,1-2H3. The molecule has 0 aromatic carbocycles. The van der Waals surface area contributed by atoms with Crippen molar-refractivity contribution in [3.63, 3.8) is 0 Å². The van der Waals surface area contributed by atoms with Crippen LogP contribution in [0.5, 0.6) is 0 Å². The molecule has 18 heavy (non-hydrogen) atoms. The van der Waals surface area contributed by atoms with E-state index >= 15 is 0 Å². The number of nitrogens with two attached hydrogens (primary N) is 1. The highest BCUT2D eigenvalue weighted by Crippen LogP contribution is 2.22. The first kappa shape index (κ1) is 14.3. The molecule has 2 fully saturated rings. The summed E-state index contributed by atoms with van der Waals surface area (Å²) in [5, 5.41) is 3.87. The Morgan fingerprint density at radius 3 is 2.61 bits per heavy atom. The number of likely N-dealkylation sites (tertiary alicyclic amines) is 1. The van der Waals surface area contributed by atoms with Crippen molar-refractivity contribution in [2.45, 2.75) is 70.5 Å². The molecule has 1 saturated heterocycles. The molecule has 1 saturated carbocycles. The SMILES string of the molecule is CCN1CCCC(C(C)NC2CCC(N)CC2)C1. The van der Waals surface area contributed by atoms with Crippen molar-refractivity contribution in [3.05, 3.63) is 0 Å². The third kappa shape index (κ3) is 3.94. The number of piperidine rings is 1. The Morgan fingerprint density at radius 1 is 1.22 bits per heavy atom. The van der Waals surface area contributed by atoms with Gasteiger partial charge in [-0.25, -0.2) is 0 Å². The minimum absolute atomic E-state index is 0.462. The van der Waals surface area contributed by atoms with Crippen molar-refractivity contribution in [1.82, 2.24) is 10.2 Å². The highest BCUT2D eigenvalue weighted by Gasteiger charge is 2.26. The fourth-order valence-electron chi connectivity index (χ4n) is 3.58. The molecule has 2 rings (SSSR count). The van der Waals surface area contributed by atoms with E-state index in [1.165, 1.54) is 58.2 Å². The lowest BCUT2D eigenvalue weighted by molar-refractivity contribution is 0.148. The third-order valence-electron chi connectivity index (χ3n) is 4.97.